The number of halogens is 1. The van der Waals surface area contributed by atoms with Gasteiger partial charge in [0.25, 0.3) is 0 Å². The first-order valence-corrected chi connectivity index (χ1v) is 9.08. The van der Waals surface area contributed by atoms with Crippen molar-refractivity contribution in [3.05, 3.63) is 22.7 Å². The van der Waals surface area contributed by atoms with Gasteiger partial charge in [-0.05, 0) is 55.2 Å². The van der Waals surface area contributed by atoms with E-state index in [4.69, 9.17) is 4.74 Å². The van der Waals surface area contributed by atoms with Crippen LogP contribution in [0.1, 0.15) is 25.7 Å². The van der Waals surface area contributed by atoms with Crippen molar-refractivity contribution in [2.75, 3.05) is 13.7 Å². The summed E-state index contributed by atoms with van der Waals surface area (Å²) < 4.78 is 33.6. The summed E-state index contributed by atoms with van der Waals surface area (Å²) in [7, 11) is -2.05. The van der Waals surface area contributed by atoms with Crippen LogP contribution in [-0.4, -0.2) is 22.1 Å². The van der Waals surface area contributed by atoms with Crippen molar-refractivity contribution in [1.82, 2.24) is 4.72 Å². The van der Waals surface area contributed by atoms with Crippen LogP contribution in [0.15, 0.2) is 27.6 Å². The van der Waals surface area contributed by atoms with Crippen LogP contribution in [0.4, 0.5) is 0 Å². The molecule has 110 valence electrons. The minimum Gasteiger partial charge on any atom is -0.495 e. The van der Waals surface area contributed by atoms with Crippen molar-refractivity contribution in [3.8, 4) is 5.75 Å². The number of rotatable bonds is 6. The van der Waals surface area contributed by atoms with Gasteiger partial charge in [0.05, 0.1) is 7.11 Å². The average molecular weight is 360 g/mol. The molecule has 4 nitrogen and oxygen atoms in total. The monoisotopic (exact) mass is 359 g/mol. The SMILES string of the molecule is COc1ccc(Br)cc1S(=O)(=O)NCC1(C2CC2)CC1. The number of ether oxygens (including phenoxy) is 1. The lowest BCUT2D eigenvalue weighted by Crippen LogP contribution is -2.31. The van der Waals surface area contributed by atoms with Crippen LogP contribution in [0.2, 0.25) is 0 Å². The quantitative estimate of drug-likeness (QED) is 0.849. The van der Waals surface area contributed by atoms with Gasteiger partial charge in [-0.1, -0.05) is 15.9 Å². The first kappa shape index (κ1) is 14.4. The molecule has 6 heteroatoms. The maximum Gasteiger partial charge on any atom is 0.244 e. The molecule has 0 amide bonds. The van der Waals surface area contributed by atoms with Crippen molar-refractivity contribution >= 4 is 26.0 Å². The van der Waals surface area contributed by atoms with E-state index in [-0.39, 0.29) is 10.3 Å². The van der Waals surface area contributed by atoms with Crippen molar-refractivity contribution in [3.63, 3.8) is 0 Å². The molecular formula is C14H18BrNO3S. The fourth-order valence-electron chi connectivity index (χ4n) is 2.76. The van der Waals surface area contributed by atoms with Crippen LogP contribution in [0.3, 0.4) is 0 Å². The second-order valence-electron chi connectivity index (χ2n) is 5.76. The van der Waals surface area contributed by atoms with Crippen molar-refractivity contribution in [2.45, 2.75) is 30.6 Å². The first-order valence-electron chi connectivity index (χ1n) is 6.80. The summed E-state index contributed by atoms with van der Waals surface area (Å²) in [5.74, 6) is 1.10. The molecule has 0 aliphatic heterocycles. The highest BCUT2D eigenvalue weighted by Gasteiger charge is 2.53. The van der Waals surface area contributed by atoms with Crippen LogP contribution in [0.25, 0.3) is 0 Å². The van der Waals surface area contributed by atoms with Gasteiger partial charge in [0.2, 0.25) is 10.0 Å². The Hall–Kier alpha value is -0.590. The molecule has 2 saturated carbocycles. The fraction of sp³-hybridized carbons (Fsp3) is 0.571. The Bertz CT molecular complexity index is 621. The zero-order valence-electron chi connectivity index (χ0n) is 11.4. The molecule has 0 atom stereocenters. The molecule has 2 fully saturated rings. The molecule has 1 N–H and O–H groups in total. The Balaban J connectivity index is 1.79. The summed E-state index contributed by atoms with van der Waals surface area (Å²) in [4.78, 5) is 0.195. The van der Waals surface area contributed by atoms with Gasteiger partial charge in [-0.25, -0.2) is 13.1 Å². The molecule has 0 unspecified atom stereocenters. The minimum atomic E-state index is -3.53. The van der Waals surface area contributed by atoms with Gasteiger partial charge >= 0.3 is 0 Å². The van der Waals surface area contributed by atoms with Crippen LogP contribution >= 0.6 is 15.9 Å². The van der Waals surface area contributed by atoms with Crippen LogP contribution < -0.4 is 9.46 Å². The number of methoxy groups -OCH3 is 1. The lowest BCUT2D eigenvalue weighted by molar-refractivity contribution is 0.400. The molecule has 1 aromatic rings. The third-order valence-corrected chi connectivity index (χ3v) is 6.28. The number of nitrogens with one attached hydrogen (secondary N) is 1. The number of hydrogen-bond donors (Lipinski definition) is 1. The summed E-state index contributed by atoms with van der Waals surface area (Å²) in [6.45, 7) is 0.551. The Kier molecular flexibility index (Phi) is 3.59. The van der Waals surface area contributed by atoms with Gasteiger partial charge in [0.15, 0.2) is 0 Å². The normalized spacial score (nSPS) is 20.7. The van der Waals surface area contributed by atoms with Gasteiger partial charge in [0.1, 0.15) is 10.6 Å². The van der Waals surface area contributed by atoms with E-state index in [2.05, 4.69) is 20.7 Å². The molecule has 0 saturated heterocycles. The van der Waals surface area contributed by atoms with Crippen LogP contribution in [-0.2, 0) is 10.0 Å². The predicted molar refractivity (Wildman–Crippen MR) is 80.3 cm³/mol. The third-order valence-electron chi connectivity index (χ3n) is 4.37. The second-order valence-corrected chi connectivity index (χ2v) is 8.41. The molecule has 0 heterocycles. The summed E-state index contributed by atoms with van der Waals surface area (Å²) in [5, 5.41) is 0. The number of benzene rings is 1. The average Bonchev–Trinajstić information content (AvgIpc) is 3.28. The van der Waals surface area contributed by atoms with Gasteiger partial charge < -0.3 is 4.74 Å². The summed E-state index contributed by atoms with van der Waals surface area (Å²) in [5.41, 5.74) is 0.242. The summed E-state index contributed by atoms with van der Waals surface area (Å²) in [6, 6.07) is 5.01. The second kappa shape index (κ2) is 5.00. The van der Waals surface area contributed by atoms with Crippen molar-refractivity contribution < 1.29 is 13.2 Å². The molecule has 0 bridgehead atoms. The molecule has 3 rings (SSSR count). The Morgan fingerprint density at radius 3 is 2.65 bits per heavy atom. The van der Waals surface area contributed by atoms with Gasteiger partial charge in [0, 0.05) is 11.0 Å². The van der Waals surface area contributed by atoms with E-state index in [1.165, 1.54) is 20.0 Å². The predicted octanol–water partition coefficient (Wildman–Crippen LogP) is 2.93. The standard InChI is InChI=1S/C14H18BrNO3S/c1-19-12-5-4-11(15)8-13(12)20(17,18)16-9-14(6-7-14)10-2-3-10/h4-5,8,10,16H,2-3,6-7,9H2,1H3. The van der Waals surface area contributed by atoms with Crippen LogP contribution in [0.5, 0.6) is 5.75 Å². The molecule has 0 aromatic heterocycles. The summed E-state index contributed by atoms with van der Waals surface area (Å²) >= 11 is 3.31. The minimum absolute atomic E-state index is 0.195. The Morgan fingerprint density at radius 2 is 2.10 bits per heavy atom. The molecule has 2 aliphatic rings. The fourth-order valence-corrected chi connectivity index (χ4v) is 4.61. The largest absolute Gasteiger partial charge is 0.495 e. The number of hydrogen-bond acceptors (Lipinski definition) is 3. The first-order chi connectivity index (χ1) is 9.47. The lowest BCUT2D eigenvalue weighted by atomic mass is 10.0. The summed E-state index contributed by atoms with van der Waals surface area (Å²) in [6.07, 6.45) is 4.80. The van der Waals surface area contributed by atoms with E-state index < -0.39 is 10.0 Å². The maximum atomic E-state index is 12.5. The zero-order chi connectivity index (χ0) is 14.4. The van der Waals surface area contributed by atoms with Crippen molar-refractivity contribution in [2.24, 2.45) is 11.3 Å². The van der Waals surface area contributed by atoms with E-state index in [0.717, 1.165) is 23.2 Å². The smallest absolute Gasteiger partial charge is 0.244 e. The Labute approximate surface area is 128 Å². The van der Waals surface area contributed by atoms with Crippen molar-refractivity contribution in [1.29, 1.82) is 0 Å². The zero-order valence-corrected chi connectivity index (χ0v) is 13.8. The van der Waals surface area contributed by atoms with E-state index >= 15 is 0 Å². The van der Waals surface area contributed by atoms with Crippen LogP contribution in [0, 0.1) is 11.3 Å². The van der Waals surface area contributed by atoms with Gasteiger partial charge in [-0.3, -0.25) is 0 Å². The highest BCUT2D eigenvalue weighted by atomic mass is 79.9. The molecule has 0 spiro atoms. The third kappa shape index (κ3) is 2.73. The molecular weight excluding hydrogens is 342 g/mol. The van der Waals surface area contributed by atoms with E-state index in [1.807, 2.05) is 0 Å². The molecule has 1 aromatic carbocycles. The number of sulfonamides is 1. The van der Waals surface area contributed by atoms with Gasteiger partial charge in [-0.2, -0.15) is 0 Å². The topological polar surface area (TPSA) is 55.4 Å². The lowest BCUT2D eigenvalue weighted by Gasteiger charge is -2.16. The highest BCUT2D eigenvalue weighted by molar-refractivity contribution is 9.10. The van der Waals surface area contributed by atoms with E-state index in [0.29, 0.717) is 12.3 Å². The Morgan fingerprint density at radius 1 is 1.40 bits per heavy atom. The molecule has 0 radical (unpaired) electrons. The van der Waals surface area contributed by atoms with Gasteiger partial charge in [-0.15, -0.1) is 0 Å². The molecule has 2 aliphatic carbocycles. The van der Waals surface area contributed by atoms with E-state index in [9.17, 15) is 8.42 Å². The van der Waals surface area contributed by atoms with E-state index in [1.54, 1.807) is 18.2 Å². The molecule has 20 heavy (non-hydrogen) atoms. The highest BCUT2D eigenvalue weighted by Crippen LogP contribution is 2.60. The maximum absolute atomic E-state index is 12.5.